The minimum absolute atomic E-state index is 0.244. The van der Waals surface area contributed by atoms with E-state index in [1.165, 1.54) is 0 Å². The first-order valence-corrected chi connectivity index (χ1v) is 7.88. The summed E-state index contributed by atoms with van der Waals surface area (Å²) >= 11 is 3.37. The Morgan fingerprint density at radius 2 is 1.79 bits per heavy atom. The Bertz CT molecular complexity index is 980. The quantitative estimate of drug-likeness (QED) is 0.533. The summed E-state index contributed by atoms with van der Waals surface area (Å²) in [6.07, 6.45) is 0. The smallest absolute Gasteiger partial charge is 0.345 e. The highest BCUT2D eigenvalue weighted by molar-refractivity contribution is 9.10. The number of rotatable bonds is 4. The molecule has 0 aliphatic heterocycles. The van der Waals surface area contributed by atoms with Gasteiger partial charge in [-0.15, -0.1) is 0 Å². The van der Waals surface area contributed by atoms with Crippen molar-refractivity contribution in [3.63, 3.8) is 0 Å². The van der Waals surface area contributed by atoms with Gasteiger partial charge < -0.3 is 4.42 Å². The maximum atomic E-state index is 12.1. The minimum atomic E-state index is -0.531. The van der Waals surface area contributed by atoms with Crippen LogP contribution in [0.2, 0.25) is 0 Å². The van der Waals surface area contributed by atoms with E-state index in [4.69, 9.17) is 4.42 Å². The Morgan fingerprint density at radius 3 is 2.54 bits per heavy atom. The van der Waals surface area contributed by atoms with E-state index in [0.717, 1.165) is 9.86 Å². The molecule has 1 amide bonds. The summed E-state index contributed by atoms with van der Waals surface area (Å²) in [7, 11) is 0. The normalized spacial score (nSPS) is 10.4. The molecule has 3 rings (SSSR count). The molecule has 2 N–H and O–H groups in total. The molecule has 0 saturated heterocycles. The van der Waals surface area contributed by atoms with Crippen LogP contribution in [0.3, 0.4) is 0 Å². The highest BCUT2D eigenvalue weighted by Crippen LogP contribution is 2.20. The molecule has 0 unspecified atom stereocenters. The van der Waals surface area contributed by atoms with Crippen molar-refractivity contribution in [3.05, 3.63) is 87.2 Å². The highest BCUT2D eigenvalue weighted by Gasteiger charge is 2.10. The zero-order chi connectivity index (χ0) is 17.1. The SMILES string of the molecule is C=C(NNC(=O)c1ccccc1)c1cc2cc(Br)ccc2oc1=O. The molecule has 0 bridgehead atoms. The monoisotopic (exact) mass is 384 g/mol. The van der Waals surface area contributed by atoms with E-state index in [9.17, 15) is 9.59 Å². The highest BCUT2D eigenvalue weighted by atomic mass is 79.9. The molecule has 3 aromatic rings. The number of hydrazine groups is 1. The summed E-state index contributed by atoms with van der Waals surface area (Å²) in [5.41, 5.74) is 6.09. The number of carbonyl (C=O) groups is 1. The summed E-state index contributed by atoms with van der Waals surface area (Å²) in [5, 5.41) is 0.747. The number of amides is 1. The molecule has 6 heteroatoms. The third-order valence-electron chi connectivity index (χ3n) is 3.38. The fourth-order valence-electron chi connectivity index (χ4n) is 2.17. The van der Waals surface area contributed by atoms with Gasteiger partial charge in [-0.25, -0.2) is 4.79 Å². The topological polar surface area (TPSA) is 71.3 Å². The largest absolute Gasteiger partial charge is 0.422 e. The maximum absolute atomic E-state index is 12.1. The first kappa shape index (κ1) is 16.0. The van der Waals surface area contributed by atoms with E-state index in [1.54, 1.807) is 42.5 Å². The fourth-order valence-corrected chi connectivity index (χ4v) is 2.54. The van der Waals surface area contributed by atoms with Crippen LogP contribution in [-0.2, 0) is 0 Å². The van der Waals surface area contributed by atoms with Crippen LogP contribution in [0.15, 0.2) is 74.9 Å². The number of nitrogens with one attached hydrogen (secondary N) is 2. The van der Waals surface area contributed by atoms with Crippen LogP contribution in [0.1, 0.15) is 15.9 Å². The average Bonchev–Trinajstić information content (AvgIpc) is 2.60. The second-order valence-electron chi connectivity index (χ2n) is 5.05. The first-order valence-electron chi connectivity index (χ1n) is 7.09. The predicted octanol–water partition coefficient (Wildman–Crippen LogP) is 3.46. The molecule has 0 saturated carbocycles. The van der Waals surface area contributed by atoms with Crippen molar-refractivity contribution in [1.29, 1.82) is 0 Å². The zero-order valence-corrected chi connectivity index (χ0v) is 14.1. The summed E-state index contributed by atoms with van der Waals surface area (Å²) in [6, 6.07) is 15.7. The number of fused-ring (bicyclic) bond motifs is 1. The van der Waals surface area contributed by atoms with E-state index >= 15 is 0 Å². The number of benzene rings is 2. The van der Waals surface area contributed by atoms with Gasteiger partial charge in [0.15, 0.2) is 0 Å². The van der Waals surface area contributed by atoms with Crippen molar-refractivity contribution < 1.29 is 9.21 Å². The van der Waals surface area contributed by atoms with Crippen LogP contribution < -0.4 is 16.5 Å². The summed E-state index contributed by atoms with van der Waals surface area (Å²) < 4.78 is 6.14. The third kappa shape index (κ3) is 3.38. The van der Waals surface area contributed by atoms with E-state index in [-0.39, 0.29) is 17.2 Å². The molecule has 5 nitrogen and oxygen atoms in total. The Morgan fingerprint density at radius 1 is 1.04 bits per heavy atom. The number of hydrogen-bond acceptors (Lipinski definition) is 4. The number of halogens is 1. The standard InChI is InChI=1S/C18H13BrN2O3/c1-11(20-21-17(22)12-5-3-2-4-6-12)15-10-13-9-14(19)7-8-16(13)24-18(15)23/h2-10,20H,1H2,(H,21,22). The Kier molecular flexibility index (Phi) is 4.48. The molecule has 0 spiro atoms. The van der Waals surface area contributed by atoms with Crippen molar-refractivity contribution in [1.82, 2.24) is 10.9 Å². The average molecular weight is 385 g/mol. The second kappa shape index (κ2) is 6.72. The van der Waals surface area contributed by atoms with Gasteiger partial charge in [-0.3, -0.25) is 15.6 Å². The minimum Gasteiger partial charge on any atom is -0.422 e. The van der Waals surface area contributed by atoms with Gasteiger partial charge in [0.25, 0.3) is 5.91 Å². The summed E-state index contributed by atoms with van der Waals surface area (Å²) in [4.78, 5) is 24.1. The van der Waals surface area contributed by atoms with Gasteiger partial charge in [0, 0.05) is 15.4 Å². The maximum Gasteiger partial charge on any atom is 0.345 e. The van der Waals surface area contributed by atoms with Gasteiger partial charge >= 0.3 is 5.63 Å². The van der Waals surface area contributed by atoms with Crippen molar-refractivity contribution in [3.8, 4) is 0 Å². The molecule has 0 atom stereocenters. The van der Waals surface area contributed by atoms with Crippen LogP contribution in [0, 0.1) is 0 Å². The lowest BCUT2D eigenvalue weighted by Crippen LogP contribution is -2.36. The van der Waals surface area contributed by atoms with Crippen LogP contribution in [0.25, 0.3) is 16.7 Å². The van der Waals surface area contributed by atoms with E-state index < -0.39 is 5.63 Å². The Balaban J connectivity index is 1.80. The van der Waals surface area contributed by atoms with E-state index in [1.807, 2.05) is 12.1 Å². The van der Waals surface area contributed by atoms with Gasteiger partial charge in [-0.1, -0.05) is 40.7 Å². The third-order valence-corrected chi connectivity index (χ3v) is 3.88. The second-order valence-corrected chi connectivity index (χ2v) is 5.97. The fraction of sp³-hybridized carbons (Fsp3) is 0. The predicted molar refractivity (Wildman–Crippen MR) is 96.3 cm³/mol. The van der Waals surface area contributed by atoms with Crippen LogP contribution in [-0.4, -0.2) is 5.91 Å². The molecule has 0 fully saturated rings. The van der Waals surface area contributed by atoms with Crippen molar-refractivity contribution in [2.75, 3.05) is 0 Å². The van der Waals surface area contributed by atoms with Gasteiger partial charge in [-0.2, -0.15) is 0 Å². The van der Waals surface area contributed by atoms with Gasteiger partial charge in [0.05, 0.1) is 11.3 Å². The van der Waals surface area contributed by atoms with Crippen LogP contribution >= 0.6 is 15.9 Å². The molecule has 0 aliphatic carbocycles. The molecule has 0 radical (unpaired) electrons. The summed E-state index contributed by atoms with van der Waals surface area (Å²) in [6.45, 7) is 3.78. The number of carbonyl (C=O) groups excluding carboxylic acids is 1. The van der Waals surface area contributed by atoms with Crippen molar-refractivity contribution in [2.45, 2.75) is 0 Å². The molecule has 1 heterocycles. The van der Waals surface area contributed by atoms with Crippen LogP contribution in [0.4, 0.5) is 0 Å². The number of hydrogen-bond donors (Lipinski definition) is 2. The molecule has 24 heavy (non-hydrogen) atoms. The molecule has 0 aliphatic rings. The van der Waals surface area contributed by atoms with Crippen molar-refractivity contribution >= 4 is 38.5 Å². The van der Waals surface area contributed by atoms with Gasteiger partial charge in [0.2, 0.25) is 0 Å². The Hall–Kier alpha value is -2.86. The van der Waals surface area contributed by atoms with Gasteiger partial charge in [0.1, 0.15) is 5.58 Å². The molecular weight excluding hydrogens is 372 g/mol. The van der Waals surface area contributed by atoms with E-state index in [2.05, 4.69) is 33.4 Å². The molecule has 120 valence electrons. The summed E-state index contributed by atoms with van der Waals surface area (Å²) in [5.74, 6) is -0.329. The van der Waals surface area contributed by atoms with E-state index in [0.29, 0.717) is 11.1 Å². The van der Waals surface area contributed by atoms with Crippen molar-refractivity contribution in [2.24, 2.45) is 0 Å². The lowest BCUT2D eigenvalue weighted by atomic mass is 10.1. The first-order chi connectivity index (χ1) is 11.5. The Labute approximate surface area is 146 Å². The molecule has 2 aromatic carbocycles. The van der Waals surface area contributed by atoms with Crippen LogP contribution in [0.5, 0.6) is 0 Å². The zero-order valence-electron chi connectivity index (χ0n) is 12.5. The van der Waals surface area contributed by atoms with Gasteiger partial charge in [-0.05, 0) is 36.4 Å². The lowest BCUT2D eigenvalue weighted by molar-refractivity contribution is 0.0942. The molecule has 1 aromatic heterocycles. The molecular formula is C18H13BrN2O3. The lowest BCUT2D eigenvalue weighted by Gasteiger charge is -2.11.